The number of benzene rings is 3. The van der Waals surface area contributed by atoms with Gasteiger partial charge in [-0.2, -0.15) is 0 Å². The lowest BCUT2D eigenvalue weighted by molar-refractivity contribution is -0.123. The molecule has 9 nitrogen and oxygen atoms in total. The third-order valence-corrected chi connectivity index (χ3v) is 6.17. The van der Waals surface area contributed by atoms with Crippen molar-refractivity contribution >= 4 is 23.7 Å². The van der Waals surface area contributed by atoms with Gasteiger partial charge >= 0.3 is 6.03 Å². The molecular weight excluding hydrogens is 489 g/mol. The maximum absolute atomic E-state index is 13.5. The largest absolute Gasteiger partial charge is 0.497 e. The number of ether oxygens (including phenoxy) is 1. The summed E-state index contributed by atoms with van der Waals surface area (Å²) < 4.78 is 20.0. The van der Waals surface area contributed by atoms with Crippen LogP contribution in [-0.2, 0) is 17.8 Å². The number of H-pyrrole nitrogens is 1. The number of imide groups is 1. The van der Waals surface area contributed by atoms with Crippen LogP contribution >= 0.6 is 0 Å². The number of urea groups is 1. The first-order valence-electron chi connectivity index (χ1n) is 11.7. The molecule has 2 heterocycles. The molecule has 3 aromatic carbocycles. The summed E-state index contributed by atoms with van der Waals surface area (Å²) in [6.45, 7) is 0.0265. The van der Waals surface area contributed by atoms with Gasteiger partial charge in [0.1, 0.15) is 17.3 Å². The third-order valence-electron chi connectivity index (χ3n) is 6.17. The Morgan fingerprint density at radius 1 is 0.974 bits per heavy atom. The summed E-state index contributed by atoms with van der Waals surface area (Å²) in [6, 6.07) is 19.1. The lowest BCUT2D eigenvalue weighted by Crippen LogP contribution is -2.30. The average molecular weight is 514 g/mol. The maximum Gasteiger partial charge on any atom is 0.329 e. The van der Waals surface area contributed by atoms with E-state index in [0.29, 0.717) is 28.4 Å². The van der Waals surface area contributed by atoms with E-state index in [2.05, 4.69) is 10.4 Å². The quantitative estimate of drug-likeness (QED) is 0.198. The van der Waals surface area contributed by atoms with Crippen LogP contribution in [0.1, 0.15) is 22.4 Å². The Morgan fingerprint density at radius 3 is 2.39 bits per heavy atom. The topological polar surface area (TPSA) is 122 Å². The molecule has 1 aliphatic heterocycles. The second-order valence-electron chi connectivity index (χ2n) is 8.77. The van der Waals surface area contributed by atoms with E-state index in [1.54, 1.807) is 67.8 Å². The van der Waals surface area contributed by atoms with Gasteiger partial charge < -0.3 is 15.8 Å². The molecule has 1 fully saturated rings. The van der Waals surface area contributed by atoms with Crippen LogP contribution in [0.5, 0.6) is 5.75 Å². The molecule has 0 aliphatic carbocycles. The van der Waals surface area contributed by atoms with E-state index in [-0.39, 0.29) is 30.0 Å². The first kappa shape index (κ1) is 24.6. The lowest BCUT2D eigenvalue weighted by Gasteiger charge is -2.12. The van der Waals surface area contributed by atoms with Gasteiger partial charge in [0.2, 0.25) is 0 Å². The molecule has 0 atom stereocenters. The van der Waals surface area contributed by atoms with Crippen molar-refractivity contribution in [3.8, 4) is 11.4 Å². The summed E-state index contributed by atoms with van der Waals surface area (Å²) in [7, 11) is 1.55. The van der Waals surface area contributed by atoms with Crippen LogP contribution in [0.15, 0.2) is 83.3 Å². The third kappa shape index (κ3) is 4.92. The summed E-state index contributed by atoms with van der Waals surface area (Å²) in [5, 5.41) is 5.66. The lowest BCUT2D eigenvalue weighted by atomic mass is 10.1. The van der Waals surface area contributed by atoms with Crippen molar-refractivity contribution in [1.29, 1.82) is 0 Å². The fourth-order valence-electron chi connectivity index (χ4n) is 4.23. The molecule has 192 valence electrons. The smallest absolute Gasteiger partial charge is 0.329 e. The number of nitrogens with one attached hydrogen (secondary N) is 2. The average Bonchev–Trinajstić information content (AvgIpc) is 3.36. The van der Waals surface area contributed by atoms with E-state index in [9.17, 15) is 18.8 Å². The predicted molar refractivity (Wildman–Crippen MR) is 140 cm³/mol. The summed E-state index contributed by atoms with van der Waals surface area (Å²) in [5.74, 6) is -0.316. The number of amides is 3. The highest BCUT2D eigenvalue weighted by molar-refractivity contribution is 6.13. The minimum Gasteiger partial charge on any atom is -0.497 e. The van der Waals surface area contributed by atoms with Gasteiger partial charge in [0.15, 0.2) is 0 Å². The van der Waals surface area contributed by atoms with Crippen LogP contribution in [0, 0.1) is 5.82 Å². The number of halogens is 1. The second-order valence-corrected chi connectivity index (χ2v) is 8.77. The molecule has 5 rings (SSSR count). The molecule has 4 aromatic rings. The fourth-order valence-corrected chi connectivity index (χ4v) is 4.23. The molecule has 1 aromatic heterocycles. The van der Waals surface area contributed by atoms with Crippen molar-refractivity contribution < 1.29 is 18.7 Å². The van der Waals surface area contributed by atoms with Gasteiger partial charge in [-0.15, -0.1) is 0 Å². The van der Waals surface area contributed by atoms with E-state index in [0.717, 1.165) is 10.5 Å². The Bertz CT molecular complexity index is 1600. The Hall–Kier alpha value is -5.12. The molecule has 10 heteroatoms. The zero-order valence-electron chi connectivity index (χ0n) is 20.4. The van der Waals surface area contributed by atoms with E-state index >= 15 is 0 Å². The maximum atomic E-state index is 13.5. The molecule has 1 saturated heterocycles. The highest BCUT2D eigenvalue weighted by Gasteiger charge is 2.34. The molecule has 38 heavy (non-hydrogen) atoms. The van der Waals surface area contributed by atoms with Gasteiger partial charge in [0.25, 0.3) is 11.5 Å². The molecular formula is C28H24FN5O4. The van der Waals surface area contributed by atoms with Crippen LogP contribution < -0.4 is 21.3 Å². The number of nitrogens with zero attached hydrogens (tertiary/aromatic N) is 2. The summed E-state index contributed by atoms with van der Waals surface area (Å²) in [4.78, 5) is 40.4. The second kappa shape index (κ2) is 10.1. The number of nitrogen functional groups attached to an aromatic ring is 1. The SMILES string of the molecule is COc1ccc(-n2[nH]c(Cc3ccc(F)cc3)c(/C=C3\NC(=O)N(Cc4cccc(N)c4)C3=O)c2=O)cc1. The minimum atomic E-state index is -0.602. The highest BCUT2D eigenvalue weighted by Crippen LogP contribution is 2.21. The zero-order chi connectivity index (χ0) is 26.8. The number of rotatable bonds is 7. The molecule has 0 bridgehead atoms. The number of aromatic nitrogens is 2. The standard InChI is InChI=1S/C28H24FN5O4/c1-38-22-11-9-21(10-12-22)34-26(35)23(24(32-34)14-17-5-7-19(29)8-6-17)15-25-27(36)33(28(37)31-25)16-18-3-2-4-20(30)13-18/h2-13,15,32H,14,16,30H2,1H3,(H,31,37)/b25-15-. The molecule has 0 unspecified atom stereocenters. The minimum absolute atomic E-state index is 0.0265. The number of aromatic amines is 1. The summed E-state index contributed by atoms with van der Waals surface area (Å²) >= 11 is 0. The van der Waals surface area contributed by atoms with Gasteiger partial charge in [0.05, 0.1) is 24.9 Å². The molecule has 0 radical (unpaired) electrons. The van der Waals surface area contributed by atoms with E-state index in [1.807, 2.05) is 0 Å². The predicted octanol–water partition coefficient (Wildman–Crippen LogP) is 3.58. The number of methoxy groups -OCH3 is 1. The summed E-state index contributed by atoms with van der Waals surface area (Å²) in [6.07, 6.45) is 1.63. The Kier molecular flexibility index (Phi) is 6.53. The number of carbonyl (C=O) groups excluding carboxylic acids is 2. The number of carbonyl (C=O) groups is 2. The molecule has 3 amide bonds. The van der Waals surface area contributed by atoms with Crippen molar-refractivity contribution in [2.45, 2.75) is 13.0 Å². The Balaban J connectivity index is 1.52. The number of anilines is 1. The van der Waals surface area contributed by atoms with E-state index in [1.165, 1.54) is 22.9 Å². The summed E-state index contributed by atoms with van der Waals surface area (Å²) in [5.41, 5.74) is 8.55. The van der Waals surface area contributed by atoms with Crippen molar-refractivity contribution in [1.82, 2.24) is 20.0 Å². The van der Waals surface area contributed by atoms with Crippen molar-refractivity contribution in [3.63, 3.8) is 0 Å². The Morgan fingerprint density at radius 2 is 1.71 bits per heavy atom. The van der Waals surface area contributed by atoms with Crippen LogP contribution in [0.25, 0.3) is 11.8 Å². The normalized spacial score (nSPS) is 14.3. The zero-order valence-corrected chi connectivity index (χ0v) is 20.4. The van der Waals surface area contributed by atoms with Gasteiger partial charge in [-0.1, -0.05) is 24.3 Å². The van der Waals surface area contributed by atoms with E-state index in [4.69, 9.17) is 10.5 Å². The first-order chi connectivity index (χ1) is 18.3. The van der Waals surface area contributed by atoms with Crippen LogP contribution in [0.4, 0.5) is 14.9 Å². The molecule has 0 spiro atoms. The number of nitrogens with two attached hydrogens (primary N) is 1. The van der Waals surface area contributed by atoms with E-state index < -0.39 is 17.5 Å². The molecule has 0 saturated carbocycles. The van der Waals surface area contributed by atoms with Crippen molar-refractivity contribution in [2.75, 3.05) is 12.8 Å². The fraction of sp³-hybridized carbons (Fsp3) is 0.107. The van der Waals surface area contributed by atoms with Crippen LogP contribution in [0.2, 0.25) is 0 Å². The number of hydrogen-bond donors (Lipinski definition) is 3. The van der Waals surface area contributed by atoms with Crippen molar-refractivity contribution in [2.24, 2.45) is 0 Å². The van der Waals surface area contributed by atoms with Gasteiger partial charge in [-0.25, -0.2) is 13.9 Å². The van der Waals surface area contributed by atoms with Gasteiger partial charge in [-0.3, -0.25) is 19.6 Å². The molecule has 4 N–H and O–H groups in total. The monoisotopic (exact) mass is 513 g/mol. The first-order valence-corrected chi connectivity index (χ1v) is 11.7. The number of hydrogen-bond acceptors (Lipinski definition) is 5. The Labute approximate surface area is 216 Å². The van der Waals surface area contributed by atoms with Crippen molar-refractivity contribution in [3.05, 3.63) is 117 Å². The van der Waals surface area contributed by atoms with Gasteiger partial charge in [0, 0.05) is 17.8 Å². The van der Waals surface area contributed by atoms with Crippen LogP contribution in [-0.4, -0.2) is 33.7 Å². The van der Waals surface area contributed by atoms with Crippen LogP contribution in [0.3, 0.4) is 0 Å². The molecule has 1 aliphatic rings. The van der Waals surface area contributed by atoms with Gasteiger partial charge in [-0.05, 0) is 65.7 Å². The highest BCUT2D eigenvalue weighted by atomic mass is 19.1.